The Kier molecular flexibility index (Phi) is 11.8. The van der Waals surface area contributed by atoms with E-state index in [4.69, 9.17) is 16.3 Å². The summed E-state index contributed by atoms with van der Waals surface area (Å²) in [6, 6.07) is 7.87. The third kappa shape index (κ3) is 7.87. The van der Waals surface area contributed by atoms with Gasteiger partial charge in [-0.1, -0.05) is 29.8 Å². The summed E-state index contributed by atoms with van der Waals surface area (Å²) in [5.74, 6) is 0.862. The molecule has 0 aliphatic rings. The van der Waals surface area contributed by atoms with Gasteiger partial charge in [-0.05, 0) is 25.0 Å². The summed E-state index contributed by atoms with van der Waals surface area (Å²) in [7, 11) is 3.79. The largest absolute Gasteiger partial charge is 0.382 e. The van der Waals surface area contributed by atoms with Gasteiger partial charge in [0.05, 0.1) is 0 Å². The van der Waals surface area contributed by atoms with E-state index in [2.05, 4.69) is 15.2 Å². The molecule has 1 aromatic carbocycles. The number of halogens is 2. The predicted molar refractivity (Wildman–Crippen MR) is 101 cm³/mol. The van der Waals surface area contributed by atoms with Gasteiger partial charge >= 0.3 is 0 Å². The molecule has 0 heterocycles. The molecule has 0 radical (unpaired) electrons. The summed E-state index contributed by atoms with van der Waals surface area (Å²) < 4.78 is 5.31. The average molecular weight is 426 g/mol. The molecule has 0 saturated carbocycles. The van der Waals surface area contributed by atoms with E-state index in [-0.39, 0.29) is 24.0 Å². The lowest BCUT2D eigenvalue weighted by atomic mass is 10.2. The van der Waals surface area contributed by atoms with Crippen LogP contribution >= 0.6 is 35.6 Å². The summed E-state index contributed by atoms with van der Waals surface area (Å²) in [6.45, 7) is 5.12. The van der Waals surface area contributed by atoms with Crippen LogP contribution in [0.3, 0.4) is 0 Å². The minimum Gasteiger partial charge on any atom is -0.382 e. The minimum atomic E-state index is 0. The molecule has 0 bridgehead atoms. The molecule has 0 unspecified atom stereocenters. The van der Waals surface area contributed by atoms with E-state index in [1.807, 2.05) is 38.2 Å². The Labute approximate surface area is 149 Å². The number of hydrogen-bond donors (Lipinski definition) is 1. The first-order chi connectivity index (χ1) is 9.69. The van der Waals surface area contributed by atoms with Crippen LogP contribution in [0.2, 0.25) is 5.02 Å². The highest BCUT2D eigenvalue weighted by molar-refractivity contribution is 14.0. The Morgan fingerprint density at radius 1 is 1.38 bits per heavy atom. The van der Waals surface area contributed by atoms with Crippen LogP contribution in [0.4, 0.5) is 0 Å². The molecule has 0 spiro atoms. The molecule has 0 atom stereocenters. The molecule has 1 rings (SSSR count). The number of hydrogen-bond acceptors (Lipinski definition) is 2. The summed E-state index contributed by atoms with van der Waals surface area (Å²) in [4.78, 5) is 6.34. The Morgan fingerprint density at radius 2 is 2.10 bits per heavy atom. The molecule has 6 heteroatoms. The molecule has 21 heavy (non-hydrogen) atoms. The first-order valence-corrected chi connectivity index (χ1v) is 7.29. The fourth-order valence-corrected chi connectivity index (χ4v) is 2.06. The van der Waals surface area contributed by atoms with Crippen LogP contribution in [0.1, 0.15) is 18.9 Å². The van der Waals surface area contributed by atoms with E-state index in [0.717, 1.165) is 49.3 Å². The number of guanidine groups is 1. The topological polar surface area (TPSA) is 36.9 Å². The van der Waals surface area contributed by atoms with E-state index < -0.39 is 0 Å². The Morgan fingerprint density at radius 3 is 2.71 bits per heavy atom. The molecule has 1 aromatic rings. The van der Waals surface area contributed by atoms with Crippen molar-refractivity contribution < 1.29 is 4.74 Å². The van der Waals surface area contributed by atoms with Gasteiger partial charge in [0.1, 0.15) is 0 Å². The normalized spacial score (nSPS) is 11.0. The standard InChI is InChI=1S/C15H24ClN3O.HI/c1-4-20-11-7-10-18-15(17-2)19(3)12-13-8-5-6-9-14(13)16;/h5-6,8-9H,4,7,10-12H2,1-3H3,(H,17,18);1H. The number of rotatable bonds is 7. The van der Waals surface area contributed by atoms with Crippen molar-refractivity contribution in [3.63, 3.8) is 0 Å². The van der Waals surface area contributed by atoms with Gasteiger partial charge in [0.2, 0.25) is 0 Å². The third-order valence-electron chi connectivity index (χ3n) is 2.89. The number of aliphatic imine (C=N–C) groups is 1. The van der Waals surface area contributed by atoms with Gasteiger partial charge in [-0.25, -0.2) is 0 Å². The predicted octanol–water partition coefficient (Wildman–Crippen LogP) is 3.39. The van der Waals surface area contributed by atoms with Crippen LogP contribution in [0.5, 0.6) is 0 Å². The fourth-order valence-electron chi connectivity index (χ4n) is 1.86. The highest BCUT2D eigenvalue weighted by atomic mass is 127. The van der Waals surface area contributed by atoms with Gasteiger partial charge in [-0.3, -0.25) is 4.99 Å². The molecule has 1 N–H and O–H groups in total. The molecule has 0 saturated heterocycles. The lowest BCUT2D eigenvalue weighted by molar-refractivity contribution is 0.145. The molecule has 4 nitrogen and oxygen atoms in total. The van der Waals surface area contributed by atoms with Crippen LogP contribution in [-0.2, 0) is 11.3 Å². The number of nitrogens with zero attached hydrogens (tertiary/aromatic N) is 2. The smallest absolute Gasteiger partial charge is 0.193 e. The second-order valence-electron chi connectivity index (χ2n) is 4.47. The van der Waals surface area contributed by atoms with Crippen LogP contribution in [0, 0.1) is 0 Å². The van der Waals surface area contributed by atoms with E-state index in [1.165, 1.54) is 0 Å². The van der Waals surface area contributed by atoms with Crippen LogP contribution < -0.4 is 5.32 Å². The number of ether oxygens (including phenoxy) is 1. The average Bonchev–Trinajstić information content (AvgIpc) is 2.45. The molecule has 0 fully saturated rings. The van der Waals surface area contributed by atoms with Crippen molar-refractivity contribution in [2.45, 2.75) is 19.9 Å². The maximum atomic E-state index is 6.17. The molecule has 0 amide bonds. The summed E-state index contributed by atoms with van der Waals surface area (Å²) in [6.07, 6.45) is 0.965. The molecular weight excluding hydrogens is 401 g/mol. The van der Waals surface area contributed by atoms with Crippen LogP contribution in [-0.4, -0.2) is 44.7 Å². The number of nitrogens with one attached hydrogen (secondary N) is 1. The van der Waals surface area contributed by atoms with Crippen molar-refractivity contribution >= 4 is 41.5 Å². The Balaban J connectivity index is 0.00000400. The highest BCUT2D eigenvalue weighted by Crippen LogP contribution is 2.16. The van der Waals surface area contributed by atoms with Gasteiger partial charge in [-0.2, -0.15) is 0 Å². The van der Waals surface area contributed by atoms with E-state index in [0.29, 0.717) is 0 Å². The van der Waals surface area contributed by atoms with Crippen LogP contribution in [0.25, 0.3) is 0 Å². The van der Waals surface area contributed by atoms with Crippen molar-refractivity contribution in [2.24, 2.45) is 4.99 Å². The summed E-state index contributed by atoms with van der Waals surface area (Å²) >= 11 is 6.17. The van der Waals surface area contributed by atoms with Crippen molar-refractivity contribution in [1.82, 2.24) is 10.2 Å². The quantitative estimate of drug-likeness (QED) is 0.315. The minimum absolute atomic E-state index is 0. The zero-order valence-corrected chi connectivity index (χ0v) is 16.0. The lowest BCUT2D eigenvalue weighted by Gasteiger charge is -2.22. The first-order valence-electron chi connectivity index (χ1n) is 6.92. The maximum Gasteiger partial charge on any atom is 0.193 e. The van der Waals surface area contributed by atoms with Crippen molar-refractivity contribution in [3.8, 4) is 0 Å². The van der Waals surface area contributed by atoms with Crippen molar-refractivity contribution in [3.05, 3.63) is 34.9 Å². The van der Waals surface area contributed by atoms with Gasteiger partial charge in [0.15, 0.2) is 5.96 Å². The second-order valence-corrected chi connectivity index (χ2v) is 4.88. The number of benzene rings is 1. The SMILES string of the molecule is CCOCCCNC(=NC)N(C)Cc1ccccc1Cl.I. The zero-order valence-electron chi connectivity index (χ0n) is 12.9. The van der Waals surface area contributed by atoms with Gasteiger partial charge < -0.3 is 15.0 Å². The molecule has 0 aliphatic carbocycles. The van der Waals surface area contributed by atoms with E-state index in [9.17, 15) is 0 Å². The van der Waals surface area contributed by atoms with Crippen molar-refractivity contribution in [2.75, 3.05) is 33.9 Å². The lowest BCUT2D eigenvalue weighted by Crippen LogP contribution is -2.39. The molecule has 120 valence electrons. The summed E-state index contributed by atoms with van der Waals surface area (Å²) in [5, 5.41) is 4.10. The first kappa shape index (κ1) is 20.5. The Bertz CT molecular complexity index is 429. The van der Waals surface area contributed by atoms with Crippen LogP contribution in [0.15, 0.2) is 29.3 Å². The molecule has 0 aromatic heterocycles. The molecule has 0 aliphatic heterocycles. The van der Waals surface area contributed by atoms with Crippen molar-refractivity contribution in [1.29, 1.82) is 0 Å². The second kappa shape index (κ2) is 12.1. The third-order valence-corrected chi connectivity index (χ3v) is 3.26. The molecular formula is C15H25ClIN3O. The van der Waals surface area contributed by atoms with Gasteiger partial charge in [0.25, 0.3) is 0 Å². The monoisotopic (exact) mass is 425 g/mol. The fraction of sp³-hybridized carbons (Fsp3) is 0.533. The van der Waals surface area contributed by atoms with Gasteiger partial charge in [0, 0.05) is 45.4 Å². The van der Waals surface area contributed by atoms with E-state index >= 15 is 0 Å². The maximum absolute atomic E-state index is 6.17. The highest BCUT2D eigenvalue weighted by Gasteiger charge is 2.08. The van der Waals surface area contributed by atoms with E-state index in [1.54, 1.807) is 7.05 Å². The van der Waals surface area contributed by atoms with Gasteiger partial charge in [-0.15, -0.1) is 24.0 Å². The zero-order chi connectivity index (χ0) is 14.8. The Hall–Kier alpha value is -0.530. The summed E-state index contributed by atoms with van der Waals surface area (Å²) in [5.41, 5.74) is 1.09.